The predicted octanol–water partition coefficient (Wildman–Crippen LogP) is 2.46. The summed E-state index contributed by atoms with van der Waals surface area (Å²) >= 11 is 1.76. The molecule has 3 rings (SSSR count). The van der Waals surface area contributed by atoms with E-state index < -0.39 is 0 Å². The molecule has 0 fully saturated rings. The van der Waals surface area contributed by atoms with Crippen molar-refractivity contribution in [2.24, 2.45) is 0 Å². The number of nitrogens with zero attached hydrogens (tertiary/aromatic N) is 1. The number of methoxy groups -OCH3 is 1. The minimum absolute atomic E-state index is 0.0813. The minimum Gasteiger partial charge on any atom is -0.497 e. The molecule has 1 N–H and O–H groups in total. The van der Waals surface area contributed by atoms with Crippen LogP contribution in [0.3, 0.4) is 0 Å². The number of hydrogen-bond donors (Lipinski definition) is 1. The molecule has 2 heterocycles. The van der Waals surface area contributed by atoms with E-state index in [0.29, 0.717) is 30.8 Å². The summed E-state index contributed by atoms with van der Waals surface area (Å²) < 4.78 is 5.11. The average molecular weight is 344 g/mol. The Hall–Kier alpha value is -2.34. The van der Waals surface area contributed by atoms with Gasteiger partial charge < -0.3 is 15.0 Å². The average Bonchev–Trinajstić information content (AvgIpc) is 3.09. The van der Waals surface area contributed by atoms with E-state index in [1.54, 1.807) is 42.7 Å². The molecule has 1 aliphatic heterocycles. The first-order chi connectivity index (χ1) is 11.7. The number of carbonyl (C=O) groups excluding carboxylic acids is 2. The number of amides is 2. The van der Waals surface area contributed by atoms with Crippen LogP contribution < -0.4 is 10.1 Å². The van der Waals surface area contributed by atoms with E-state index in [4.69, 9.17) is 4.74 Å². The van der Waals surface area contributed by atoms with Crippen molar-refractivity contribution in [1.82, 2.24) is 10.2 Å². The van der Waals surface area contributed by atoms with Gasteiger partial charge in [0.2, 0.25) is 5.91 Å². The van der Waals surface area contributed by atoms with Gasteiger partial charge in [0.25, 0.3) is 5.91 Å². The van der Waals surface area contributed by atoms with Crippen molar-refractivity contribution in [3.63, 3.8) is 0 Å². The zero-order valence-corrected chi connectivity index (χ0v) is 14.4. The zero-order valence-electron chi connectivity index (χ0n) is 13.6. The van der Waals surface area contributed by atoms with Gasteiger partial charge >= 0.3 is 0 Å². The first kappa shape index (κ1) is 16.5. The maximum atomic E-state index is 12.3. The predicted molar refractivity (Wildman–Crippen MR) is 93.4 cm³/mol. The van der Waals surface area contributed by atoms with Crippen molar-refractivity contribution in [3.05, 3.63) is 51.7 Å². The van der Waals surface area contributed by atoms with Crippen LogP contribution in [0.5, 0.6) is 5.75 Å². The Morgan fingerprint density at radius 1 is 1.33 bits per heavy atom. The summed E-state index contributed by atoms with van der Waals surface area (Å²) in [5.74, 6) is 0.525. The van der Waals surface area contributed by atoms with Gasteiger partial charge in [0, 0.05) is 36.5 Å². The van der Waals surface area contributed by atoms with E-state index in [1.165, 1.54) is 10.4 Å². The van der Waals surface area contributed by atoms with E-state index in [2.05, 4.69) is 16.8 Å². The molecule has 126 valence electrons. The lowest BCUT2D eigenvalue weighted by Crippen LogP contribution is -2.37. The molecule has 1 aromatic carbocycles. The molecule has 0 unspecified atom stereocenters. The van der Waals surface area contributed by atoms with Crippen LogP contribution in [0.2, 0.25) is 0 Å². The van der Waals surface area contributed by atoms with E-state index in [9.17, 15) is 9.59 Å². The van der Waals surface area contributed by atoms with Crippen LogP contribution in [-0.4, -0.2) is 36.9 Å². The summed E-state index contributed by atoms with van der Waals surface area (Å²) in [5.41, 5.74) is 1.78. The molecule has 2 amide bonds. The third-order valence-electron chi connectivity index (χ3n) is 4.12. The topological polar surface area (TPSA) is 58.6 Å². The first-order valence-electron chi connectivity index (χ1n) is 7.92. The number of benzene rings is 1. The fourth-order valence-electron chi connectivity index (χ4n) is 2.77. The number of fused-ring (bicyclic) bond motifs is 1. The van der Waals surface area contributed by atoms with Crippen LogP contribution in [-0.2, 0) is 17.8 Å². The monoisotopic (exact) mass is 344 g/mol. The van der Waals surface area contributed by atoms with Gasteiger partial charge in [-0.15, -0.1) is 11.3 Å². The normalized spacial score (nSPS) is 13.3. The SMILES string of the molecule is COc1cccc(C(=O)NCCC(=O)N2CCc3sccc3C2)c1. The molecule has 0 bridgehead atoms. The molecule has 1 aromatic heterocycles. The molecule has 5 nitrogen and oxygen atoms in total. The van der Waals surface area contributed by atoms with Gasteiger partial charge in [0.05, 0.1) is 7.11 Å². The number of ether oxygens (including phenoxy) is 1. The Bertz CT molecular complexity index is 741. The van der Waals surface area contributed by atoms with Gasteiger partial charge in [-0.2, -0.15) is 0 Å². The highest BCUT2D eigenvalue weighted by atomic mass is 32.1. The Morgan fingerprint density at radius 3 is 3.04 bits per heavy atom. The number of thiophene rings is 1. The van der Waals surface area contributed by atoms with E-state index >= 15 is 0 Å². The highest BCUT2D eigenvalue weighted by molar-refractivity contribution is 7.10. The van der Waals surface area contributed by atoms with Crippen LogP contribution in [0.15, 0.2) is 35.7 Å². The third kappa shape index (κ3) is 3.76. The Kier molecular flexibility index (Phi) is 5.15. The van der Waals surface area contributed by atoms with Gasteiger partial charge in [-0.3, -0.25) is 9.59 Å². The maximum absolute atomic E-state index is 12.3. The molecule has 1 aliphatic rings. The van der Waals surface area contributed by atoms with Gasteiger partial charge in [-0.1, -0.05) is 6.07 Å². The number of carbonyl (C=O) groups is 2. The second-order valence-corrected chi connectivity index (χ2v) is 6.67. The van der Waals surface area contributed by atoms with E-state index in [0.717, 1.165) is 13.0 Å². The lowest BCUT2D eigenvalue weighted by atomic mass is 10.1. The summed E-state index contributed by atoms with van der Waals surface area (Å²) in [4.78, 5) is 27.7. The van der Waals surface area contributed by atoms with Gasteiger partial charge in [0.15, 0.2) is 0 Å². The molecule has 0 spiro atoms. The lowest BCUT2D eigenvalue weighted by Gasteiger charge is -2.27. The second-order valence-electron chi connectivity index (χ2n) is 5.67. The maximum Gasteiger partial charge on any atom is 0.251 e. The van der Waals surface area contributed by atoms with Crippen molar-refractivity contribution in [2.45, 2.75) is 19.4 Å². The van der Waals surface area contributed by atoms with Crippen molar-refractivity contribution in [1.29, 1.82) is 0 Å². The third-order valence-corrected chi connectivity index (χ3v) is 5.14. The zero-order chi connectivity index (χ0) is 16.9. The molecule has 0 radical (unpaired) electrons. The molecule has 0 saturated heterocycles. The van der Waals surface area contributed by atoms with Crippen molar-refractivity contribution in [3.8, 4) is 5.75 Å². The molecule has 0 aliphatic carbocycles. The highest BCUT2D eigenvalue weighted by Crippen LogP contribution is 2.24. The van der Waals surface area contributed by atoms with Crippen molar-refractivity contribution in [2.75, 3.05) is 20.2 Å². The molecule has 2 aromatic rings. The van der Waals surface area contributed by atoms with Crippen molar-refractivity contribution >= 4 is 23.2 Å². The Balaban J connectivity index is 1.47. The minimum atomic E-state index is -0.194. The van der Waals surface area contributed by atoms with Gasteiger partial charge in [-0.05, 0) is 41.6 Å². The van der Waals surface area contributed by atoms with E-state index in [-0.39, 0.29) is 11.8 Å². The second kappa shape index (κ2) is 7.49. The lowest BCUT2D eigenvalue weighted by molar-refractivity contribution is -0.131. The van der Waals surface area contributed by atoms with Crippen molar-refractivity contribution < 1.29 is 14.3 Å². The Labute approximate surface area is 145 Å². The fraction of sp³-hybridized carbons (Fsp3) is 0.333. The standard InChI is InChI=1S/C18H20N2O3S/c1-23-15-4-2-3-13(11-15)18(22)19-8-5-17(21)20-9-6-16-14(12-20)7-10-24-16/h2-4,7,10-11H,5-6,8-9,12H2,1H3,(H,19,22). The van der Waals surface area contributed by atoms with E-state index in [1.807, 2.05) is 4.90 Å². The summed E-state index contributed by atoms with van der Waals surface area (Å²) in [6, 6.07) is 9.05. The molecule has 24 heavy (non-hydrogen) atoms. The summed E-state index contributed by atoms with van der Waals surface area (Å²) in [6.07, 6.45) is 1.24. The fourth-order valence-corrected chi connectivity index (χ4v) is 3.66. The van der Waals surface area contributed by atoms with Crippen LogP contribution in [0.25, 0.3) is 0 Å². The molecule has 6 heteroatoms. The highest BCUT2D eigenvalue weighted by Gasteiger charge is 2.21. The smallest absolute Gasteiger partial charge is 0.251 e. The van der Waals surface area contributed by atoms with Crippen LogP contribution in [0, 0.1) is 0 Å². The Morgan fingerprint density at radius 2 is 2.21 bits per heavy atom. The first-order valence-corrected chi connectivity index (χ1v) is 8.80. The van der Waals surface area contributed by atoms with Gasteiger partial charge in [-0.25, -0.2) is 0 Å². The largest absolute Gasteiger partial charge is 0.497 e. The van der Waals surface area contributed by atoms with Gasteiger partial charge in [0.1, 0.15) is 5.75 Å². The molecular weight excluding hydrogens is 324 g/mol. The number of rotatable bonds is 5. The van der Waals surface area contributed by atoms with Crippen LogP contribution in [0.1, 0.15) is 27.2 Å². The summed E-state index contributed by atoms with van der Waals surface area (Å²) in [7, 11) is 1.56. The number of hydrogen-bond acceptors (Lipinski definition) is 4. The summed E-state index contributed by atoms with van der Waals surface area (Å²) in [5, 5.41) is 4.87. The van der Waals surface area contributed by atoms with Crippen LogP contribution in [0.4, 0.5) is 0 Å². The number of nitrogens with one attached hydrogen (secondary N) is 1. The summed E-state index contributed by atoms with van der Waals surface area (Å²) in [6.45, 7) is 1.78. The molecule has 0 saturated carbocycles. The molecular formula is C18H20N2O3S. The molecule has 0 atom stereocenters. The van der Waals surface area contributed by atoms with Crippen LogP contribution >= 0.6 is 11.3 Å². The quantitative estimate of drug-likeness (QED) is 0.906.